The van der Waals surface area contributed by atoms with E-state index in [1.807, 2.05) is 12.1 Å². The van der Waals surface area contributed by atoms with Crippen LogP contribution < -0.4 is 4.90 Å². The van der Waals surface area contributed by atoms with Crippen molar-refractivity contribution >= 4 is 23.0 Å². The van der Waals surface area contributed by atoms with E-state index in [0.717, 1.165) is 30.8 Å². The van der Waals surface area contributed by atoms with Crippen LogP contribution in [0.1, 0.15) is 17.5 Å². The third-order valence-corrected chi connectivity index (χ3v) is 4.06. The molecule has 0 spiro atoms. The number of rotatable bonds is 3. The van der Waals surface area contributed by atoms with Crippen molar-refractivity contribution in [3.63, 3.8) is 0 Å². The van der Waals surface area contributed by atoms with Crippen molar-refractivity contribution in [3.05, 3.63) is 58.6 Å². The summed E-state index contributed by atoms with van der Waals surface area (Å²) in [7, 11) is 0. The first-order valence-corrected chi connectivity index (χ1v) is 7.42. The normalized spacial score (nSPS) is 13.6. The Hall–Kier alpha value is -1.51. The lowest BCUT2D eigenvalue weighted by Gasteiger charge is -2.27. The number of benzene rings is 2. The maximum Gasteiger partial charge on any atom is 0.0458 e. The van der Waals surface area contributed by atoms with Gasteiger partial charge in [0.25, 0.3) is 0 Å². The van der Waals surface area contributed by atoms with Crippen LogP contribution in [-0.2, 0) is 12.8 Å². The second-order valence-electron chi connectivity index (χ2n) is 5.13. The lowest BCUT2D eigenvalue weighted by molar-refractivity contribution is 0.291. The first-order chi connectivity index (χ1) is 9.79. The van der Waals surface area contributed by atoms with Crippen LogP contribution in [0.25, 0.3) is 0 Å². The quantitative estimate of drug-likeness (QED) is 0.924. The van der Waals surface area contributed by atoms with E-state index in [2.05, 4.69) is 35.2 Å². The van der Waals surface area contributed by atoms with Crippen LogP contribution in [0.4, 0.5) is 11.4 Å². The molecule has 0 bridgehead atoms. The van der Waals surface area contributed by atoms with Gasteiger partial charge in [0, 0.05) is 29.5 Å². The largest absolute Gasteiger partial charge is 0.396 e. The van der Waals surface area contributed by atoms with Gasteiger partial charge in [0.2, 0.25) is 0 Å². The molecule has 0 atom stereocenters. The van der Waals surface area contributed by atoms with E-state index in [-0.39, 0.29) is 6.61 Å². The summed E-state index contributed by atoms with van der Waals surface area (Å²) in [4.78, 5) is 2.29. The third kappa shape index (κ3) is 2.54. The number of aliphatic hydroxyl groups is 1. The van der Waals surface area contributed by atoms with Crippen LogP contribution in [-0.4, -0.2) is 18.3 Å². The van der Waals surface area contributed by atoms with Gasteiger partial charge in [0.05, 0.1) is 0 Å². The number of aliphatic hydroxyl groups excluding tert-OH is 1. The van der Waals surface area contributed by atoms with Gasteiger partial charge in [0.15, 0.2) is 0 Å². The van der Waals surface area contributed by atoms with Crippen LogP contribution in [0.15, 0.2) is 42.5 Å². The molecule has 2 aromatic rings. The summed E-state index contributed by atoms with van der Waals surface area (Å²) in [5, 5.41) is 9.93. The summed E-state index contributed by atoms with van der Waals surface area (Å²) >= 11 is 6.18. The lowest BCUT2D eigenvalue weighted by atomic mass is 10.0. The van der Waals surface area contributed by atoms with E-state index in [9.17, 15) is 0 Å². The Bertz CT molecular complexity index is 612. The molecule has 1 aliphatic rings. The third-order valence-electron chi connectivity index (χ3n) is 3.82. The minimum Gasteiger partial charge on any atom is -0.396 e. The number of fused-ring (bicyclic) bond motifs is 2. The van der Waals surface area contributed by atoms with Gasteiger partial charge >= 0.3 is 0 Å². The zero-order chi connectivity index (χ0) is 13.9. The first-order valence-electron chi connectivity index (χ1n) is 7.04. The van der Waals surface area contributed by atoms with Crippen molar-refractivity contribution in [2.75, 3.05) is 18.1 Å². The predicted octanol–water partition coefficient (Wildman–Crippen LogP) is 3.96. The molecule has 1 aliphatic heterocycles. The highest BCUT2D eigenvalue weighted by Gasteiger charge is 2.20. The van der Waals surface area contributed by atoms with Gasteiger partial charge in [-0.05, 0) is 48.6 Å². The molecule has 0 saturated heterocycles. The number of anilines is 2. The highest BCUT2D eigenvalue weighted by atomic mass is 35.5. The van der Waals surface area contributed by atoms with Crippen LogP contribution in [0.2, 0.25) is 5.02 Å². The molecule has 0 saturated carbocycles. The van der Waals surface area contributed by atoms with E-state index in [1.54, 1.807) is 0 Å². The summed E-state index contributed by atoms with van der Waals surface area (Å²) in [5.74, 6) is 0. The van der Waals surface area contributed by atoms with Crippen LogP contribution in [0.3, 0.4) is 0 Å². The Labute approximate surface area is 124 Å². The monoisotopic (exact) mass is 287 g/mol. The zero-order valence-electron chi connectivity index (χ0n) is 11.3. The van der Waals surface area contributed by atoms with Crippen molar-refractivity contribution in [2.24, 2.45) is 0 Å². The van der Waals surface area contributed by atoms with Gasteiger partial charge in [-0.15, -0.1) is 0 Å². The minimum absolute atomic E-state index is 0.203. The summed E-state index contributed by atoms with van der Waals surface area (Å²) in [6, 6.07) is 14.6. The lowest BCUT2D eigenvalue weighted by Crippen LogP contribution is -2.20. The van der Waals surface area contributed by atoms with E-state index in [1.165, 1.54) is 22.5 Å². The Morgan fingerprint density at radius 3 is 2.55 bits per heavy atom. The predicted molar refractivity (Wildman–Crippen MR) is 84.0 cm³/mol. The van der Waals surface area contributed by atoms with E-state index in [4.69, 9.17) is 16.7 Å². The smallest absolute Gasteiger partial charge is 0.0458 e. The van der Waals surface area contributed by atoms with E-state index in [0.29, 0.717) is 0 Å². The van der Waals surface area contributed by atoms with Gasteiger partial charge < -0.3 is 10.0 Å². The second kappa shape index (κ2) is 5.86. The molecule has 0 amide bonds. The second-order valence-corrected chi connectivity index (χ2v) is 5.57. The van der Waals surface area contributed by atoms with Crippen LogP contribution in [0, 0.1) is 0 Å². The van der Waals surface area contributed by atoms with Crippen molar-refractivity contribution in [1.82, 2.24) is 0 Å². The number of hydrogen-bond acceptors (Lipinski definition) is 2. The SMILES string of the molecule is OCCCN1c2ccccc2CCc2ccc(Cl)cc21. The van der Waals surface area contributed by atoms with Crippen LogP contribution >= 0.6 is 11.6 Å². The van der Waals surface area contributed by atoms with Crippen molar-refractivity contribution in [1.29, 1.82) is 0 Å². The molecule has 0 fully saturated rings. The minimum atomic E-state index is 0.203. The number of halogens is 1. The topological polar surface area (TPSA) is 23.5 Å². The molecular formula is C17H18ClNO. The molecule has 0 unspecified atom stereocenters. The molecular weight excluding hydrogens is 270 g/mol. The molecule has 0 aliphatic carbocycles. The molecule has 3 rings (SSSR count). The van der Waals surface area contributed by atoms with Gasteiger partial charge in [0.1, 0.15) is 0 Å². The Morgan fingerprint density at radius 1 is 1.00 bits per heavy atom. The van der Waals surface area contributed by atoms with E-state index < -0.39 is 0 Å². The number of para-hydroxylation sites is 1. The Kier molecular flexibility index (Phi) is 3.95. The molecule has 0 aromatic heterocycles. The number of hydrogen-bond donors (Lipinski definition) is 1. The summed E-state index contributed by atoms with van der Waals surface area (Å²) in [6.07, 6.45) is 2.82. The fraction of sp³-hybridized carbons (Fsp3) is 0.294. The molecule has 1 heterocycles. The fourth-order valence-electron chi connectivity index (χ4n) is 2.85. The van der Waals surface area contributed by atoms with Crippen molar-refractivity contribution in [2.45, 2.75) is 19.3 Å². The van der Waals surface area contributed by atoms with Gasteiger partial charge in [-0.25, -0.2) is 0 Å². The summed E-state index contributed by atoms with van der Waals surface area (Å²) in [6.45, 7) is 1.01. The molecule has 104 valence electrons. The van der Waals surface area contributed by atoms with E-state index >= 15 is 0 Å². The Morgan fingerprint density at radius 2 is 1.75 bits per heavy atom. The maximum atomic E-state index is 9.17. The van der Waals surface area contributed by atoms with Crippen LogP contribution in [0.5, 0.6) is 0 Å². The molecule has 20 heavy (non-hydrogen) atoms. The molecule has 2 aromatic carbocycles. The Balaban J connectivity index is 2.10. The standard InChI is InChI=1S/C17H18ClNO/c18-15-9-8-14-7-6-13-4-1-2-5-16(13)19(10-3-11-20)17(14)12-15/h1-2,4-5,8-9,12,20H,3,6-7,10-11H2. The number of nitrogens with zero attached hydrogens (tertiary/aromatic N) is 1. The highest BCUT2D eigenvalue weighted by Crippen LogP contribution is 2.37. The average molecular weight is 288 g/mol. The fourth-order valence-corrected chi connectivity index (χ4v) is 3.02. The highest BCUT2D eigenvalue weighted by molar-refractivity contribution is 6.30. The average Bonchev–Trinajstić information content (AvgIpc) is 2.62. The summed E-state index contributed by atoms with van der Waals surface area (Å²) in [5.41, 5.74) is 5.10. The molecule has 3 heteroatoms. The molecule has 2 nitrogen and oxygen atoms in total. The maximum absolute atomic E-state index is 9.17. The van der Waals surface area contributed by atoms with Gasteiger partial charge in [-0.1, -0.05) is 35.9 Å². The molecule has 0 radical (unpaired) electrons. The first kappa shape index (κ1) is 13.5. The van der Waals surface area contributed by atoms with Crippen molar-refractivity contribution < 1.29 is 5.11 Å². The van der Waals surface area contributed by atoms with Crippen molar-refractivity contribution in [3.8, 4) is 0 Å². The summed E-state index contributed by atoms with van der Waals surface area (Å²) < 4.78 is 0. The van der Waals surface area contributed by atoms with Gasteiger partial charge in [-0.3, -0.25) is 0 Å². The van der Waals surface area contributed by atoms with Gasteiger partial charge in [-0.2, -0.15) is 0 Å². The number of aryl methyl sites for hydroxylation is 2. The zero-order valence-corrected chi connectivity index (χ0v) is 12.1. The molecule has 1 N–H and O–H groups in total.